The predicted octanol–water partition coefficient (Wildman–Crippen LogP) is 3.43. The summed E-state index contributed by atoms with van der Waals surface area (Å²) >= 11 is 0. The van der Waals surface area contributed by atoms with Gasteiger partial charge in [0.2, 0.25) is 5.91 Å². The highest BCUT2D eigenvalue weighted by atomic mass is 35.5. The molecule has 2 amide bonds. The molecule has 4 rings (SSSR count). The average molecular weight is 482 g/mol. The first-order chi connectivity index (χ1) is 16.0. The van der Waals surface area contributed by atoms with E-state index >= 15 is 0 Å². The van der Waals surface area contributed by atoms with Gasteiger partial charge in [0.15, 0.2) is 0 Å². The number of hydrogen-bond donors (Lipinski definition) is 3. The summed E-state index contributed by atoms with van der Waals surface area (Å²) in [5.41, 5.74) is 9.39. The number of nitrogens with one attached hydrogen (secondary N) is 1. The monoisotopic (exact) mass is 481 g/mol. The van der Waals surface area contributed by atoms with Crippen LogP contribution >= 0.6 is 12.4 Å². The number of carbonyl (C=O) groups is 2. The lowest BCUT2D eigenvalue weighted by atomic mass is 9.92. The number of aromatic hydroxyl groups is 1. The van der Waals surface area contributed by atoms with Crippen LogP contribution in [0.4, 0.5) is 4.79 Å². The number of rotatable bonds is 6. The number of fused-ring (bicyclic) bond motifs is 1. The smallest absolute Gasteiger partial charge is 0.412 e. The van der Waals surface area contributed by atoms with E-state index < -0.39 is 12.1 Å². The van der Waals surface area contributed by atoms with Gasteiger partial charge in [0.25, 0.3) is 0 Å². The fraction of sp³-hybridized carbons (Fsp3) is 0.231. The third-order valence-electron chi connectivity index (χ3n) is 5.78. The van der Waals surface area contributed by atoms with Gasteiger partial charge in [0, 0.05) is 13.1 Å². The number of phenolic OH excluding ortho intramolecular Hbond substituents is 1. The summed E-state index contributed by atoms with van der Waals surface area (Å²) in [4.78, 5) is 27.4. The Balaban J connectivity index is 0.00000324. The molecule has 0 aromatic heterocycles. The first-order valence-electron chi connectivity index (χ1n) is 10.9. The largest absolute Gasteiger partial charge is 0.508 e. The average Bonchev–Trinajstić information content (AvgIpc) is 2.83. The van der Waals surface area contributed by atoms with Gasteiger partial charge in [-0.1, -0.05) is 54.6 Å². The Morgan fingerprint density at radius 1 is 1.00 bits per heavy atom. The zero-order valence-electron chi connectivity index (χ0n) is 18.6. The Morgan fingerprint density at radius 2 is 1.65 bits per heavy atom. The molecule has 3 aromatic carbocycles. The Morgan fingerprint density at radius 3 is 2.35 bits per heavy atom. The van der Waals surface area contributed by atoms with Crippen molar-refractivity contribution in [3.8, 4) is 11.5 Å². The molecule has 0 spiro atoms. The fourth-order valence-electron chi connectivity index (χ4n) is 4.05. The number of hydrogen-bond acceptors (Lipinski definition) is 5. The molecule has 1 aliphatic heterocycles. The van der Waals surface area contributed by atoms with Gasteiger partial charge in [-0.3, -0.25) is 4.79 Å². The second-order valence-electron chi connectivity index (χ2n) is 8.15. The van der Waals surface area contributed by atoms with E-state index in [0.717, 1.165) is 16.7 Å². The molecular formula is C26H28ClN3O4. The Labute approximate surface area is 204 Å². The van der Waals surface area contributed by atoms with Gasteiger partial charge in [0.1, 0.15) is 11.5 Å². The van der Waals surface area contributed by atoms with Gasteiger partial charge in [-0.05, 0) is 53.8 Å². The molecule has 8 heteroatoms. The summed E-state index contributed by atoms with van der Waals surface area (Å²) in [5.74, 6) is 0.438. The molecule has 0 saturated heterocycles. The van der Waals surface area contributed by atoms with Crippen LogP contribution in [0.25, 0.3) is 0 Å². The van der Waals surface area contributed by atoms with Crippen LogP contribution in [0.2, 0.25) is 0 Å². The lowest BCUT2D eigenvalue weighted by Gasteiger charge is -2.38. The minimum Gasteiger partial charge on any atom is -0.508 e. The number of carbonyl (C=O) groups excluding carboxylic acids is 2. The molecule has 1 aliphatic rings. The third-order valence-corrected chi connectivity index (χ3v) is 5.78. The van der Waals surface area contributed by atoms with Crippen LogP contribution in [-0.2, 0) is 24.2 Å². The quantitative estimate of drug-likeness (QED) is 0.500. The Bertz CT molecular complexity index is 1110. The van der Waals surface area contributed by atoms with Crippen LogP contribution in [0.3, 0.4) is 0 Å². The van der Waals surface area contributed by atoms with E-state index in [0.29, 0.717) is 25.1 Å². The van der Waals surface area contributed by atoms with Crippen LogP contribution in [-0.4, -0.2) is 40.6 Å². The molecule has 178 valence electrons. The minimum absolute atomic E-state index is 0. The lowest BCUT2D eigenvalue weighted by molar-refractivity contribution is -0.136. The van der Waals surface area contributed by atoms with Gasteiger partial charge >= 0.3 is 6.09 Å². The van der Waals surface area contributed by atoms with Gasteiger partial charge in [-0.2, -0.15) is 0 Å². The molecule has 0 fully saturated rings. The summed E-state index contributed by atoms with van der Waals surface area (Å²) in [7, 11) is 0. The number of para-hydroxylation sites is 1. The normalized spacial score (nSPS) is 15.4. The molecule has 0 aliphatic carbocycles. The Hall–Kier alpha value is -3.55. The SMILES string of the molecule is Cl.N[C@@H](Cc1ccc(O)cc1)C(=O)N1Cc2ccccc2CC1CNC(=O)Oc1ccccc1. The maximum atomic E-state index is 13.3. The van der Waals surface area contributed by atoms with Crippen molar-refractivity contribution in [2.24, 2.45) is 5.73 Å². The maximum absolute atomic E-state index is 13.3. The van der Waals surface area contributed by atoms with Crippen LogP contribution in [0.5, 0.6) is 11.5 Å². The highest BCUT2D eigenvalue weighted by Crippen LogP contribution is 2.24. The third kappa shape index (κ3) is 6.27. The summed E-state index contributed by atoms with van der Waals surface area (Å²) in [5, 5.41) is 12.3. The van der Waals surface area contributed by atoms with Crippen molar-refractivity contribution in [2.75, 3.05) is 6.54 Å². The standard InChI is InChI=1S/C26H27N3O4.ClH/c27-24(14-18-10-12-22(30)13-11-18)25(31)29-17-20-7-5-4-6-19(20)15-21(29)16-28-26(32)33-23-8-2-1-3-9-23;/h1-13,21,24,30H,14-17,27H2,(H,28,32);1H/t21?,24-;/m0./s1. The van der Waals surface area contributed by atoms with E-state index in [1.165, 1.54) is 0 Å². The summed E-state index contributed by atoms with van der Waals surface area (Å²) in [6, 6.07) is 22.5. The van der Waals surface area contributed by atoms with Crippen molar-refractivity contribution < 1.29 is 19.4 Å². The highest BCUT2D eigenvalue weighted by Gasteiger charge is 2.32. The van der Waals surface area contributed by atoms with Crippen molar-refractivity contribution >= 4 is 24.4 Å². The fourth-order valence-corrected chi connectivity index (χ4v) is 4.05. The molecule has 1 unspecified atom stereocenters. The van der Waals surface area contributed by atoms with E-state index in [2.05, 4.69) is 5.32 Å². The number of amides is 2. The number of benzene rings is 3. The van der Waals surface area contributed by atoms with E-state index in [9.17, 15) is 14.7 Å². The topological polar surface area (TPSA) is 105 Å². The molecular weight excluding hydrogens is 454 g/mol. The molecule has 0 bridgehead atoms. The number of nitrogens with zero attached hydrogens (tertiary/aromatic N) is 1. The molecule has 3 aromatic rings. The van der Waals surface area contributed by atoms with Crippen LogP contribution in [0, 0.1) is 0 Å². The second-order valence-corrected chi connectivity index (χ2v) is 8.15. The number of halogens is 1. The van der Waals surface area contributed by atoms with E-state index in [1.54, 1.807) is 53.4 Å². The van der Waals surface area contributed by atoms with Gasteiger partial charge in [0.05, 0.1) is 12.1 Å². The van der Waals surface area contributed by atoms with Crippen LogP contribution in [0.1, 0.15) is 16.7 Å². The van der Waals surface area contributed by atoms with E-state index in [-0.39, 0.29) is 36.7 Å². The molecule has 7 nitrogen and oxygen atoms in total. The zero-order chi connectivity index (χ0) is 23.2. The van der Waals surface area contributed by atoms with Crippen molar-refractivity contribution in [3.05, 3.63) is 95.6 Å². The van der Waals surface area contributed by atoms with E-state index in [1.807, 2.05) is 30.3 Å². The number of phenols is 1. The number of ether oxygens (including phenoxy) is 1. The van der Waals surface area contributed by atoms with Gasteiger partial charge < -0.3 is 25.8 Å². The van der Waals surface area contributed by atoms with Crippen LogP contribution in [0.15, 0.2) is 78.9 Å². The van der Waals surface area contributed by atoms with Crippen LogP contribution < -0.4 is 15.8 Å². The molecule has 4 N–H and O–H groups in total. The minimum atomic E-state index is -0.737. The van der Waals surface area contributed by atoms with Gasteiger partial charge in [-0.15, -0.1) is 12.4 Å². The predicted molar refractivity (Wildman–Crippen MR) is 132 cm³/mol. The lowest BCUT2D eigenvalue weighted by Crippen LogP contribution is -2.55. The van der Waals surface area contributed by atoms with Crippen molar-refractivity contribution in [1.82, 2.24) is 10.2 Å². The summed E-state index contributed by atoms with van der Waals surface area (Å²) in [6.07, 6.45) is 0.397. The van der Waals surface area contributed by atoms with E-state index in [4.69, 9.17) is 10.5 Å². The molecule has 1 heterocycles. The number of nitrogens with two attached hydrogens (primary N) is 1. The zero-order valence-corrected chi connectivity index (χ0v) is 19.4. The Kier molecular flexibility index (Phi) is 8.51. The highest BCUT2D eigenvalue weighted by molar-refractivity contribution is 5.85. The van der Waals surface area contributed by atoms with Crippen molar-refractivity contribution in [1.29, 1.82) is 0 Å². The van der Waals surface area contributed by atoms with Crippen molar-refractivity contribution in [3.63, 3.8) is 0 Å². The van der Waals surface area contributed by atoms with Gasteiger partial charge in [-0.25, -0.2) is 4.79 Å². The molecule has 2 atom stereocenters. The first kappa shape index (κ1) is 25.1. The second kappa shape index (κ2) is 11.5. The molecule has 0 saturated carbocycles. The maximum Gasteiger partial charge on any atom is 0.412 e. The summed E-state index contributed by atoms with van der Waals surface area (Å²) in [6.45, 7) is 0.677. The molecule has 0 radical (unpaired) electrons. The summed E-state index contributed by atoms with van der Waals surface area (Å²) < 4.78 is 5.31. The van der Waals surface area contributed by atoms with Crippen molar-refractivity contribution in [2.45, 2.75) is 31.5 Å². The first-order valence-corrected chi connectivity index (χ1v) is 10.9. The molecule has 34 heavy (non-hydrogen) atoms.